The lowest BCUT2D eigenvalue weighted by atomic mass is 9.99. The molecule has 47 heavy (non-hydrogen) atoms. The molecule has 3 aromatic carbocycles. The first-order valence-corrected chi connectivity index (χ1v) is 14.3. The molecule has 10 nitrogen and oxygen atoms in total. The molecule has 1 fully saturated rings. The number of hydrogen-bond acceptors (Lipinski definition) is 8. The third kappa shape index (κ3) is 7.51. The largest absolute Gasteiger partial charge is 0.478 e. The van der Waals surface area contributed by atoms with Gasteiger partial charge in [0.25, 0.3) is 0 Å². The summed E-state index contributed by atoms with van der Waals surface area (Å²) in [7, 11) is 1.53. The molecule has 0 saturated carbocycles. The molecule has 1 aliphatic rings. The summed E-state index contributed by atoms with van der Waals surface area (Å²) in [6, 6.07) is 15.7. The fourth-order valence-corrected chi connectivity index (χ4v) is 4.96. The van der Waals surface area contributed by atoms with Gasteiger partial charge in [-0.1, -0.05) is 12.1 Å². The van der Waals surface area contributed by atoms with Crippen LogP contribution in [0.4, 0.5) is 24.5 Å². The van der Waals surface area contributed by atoms with Crippen LogP contribution in [-0.2, 0) is 27.3 Å². The zero-order chi connectivity index (χ0) is 33.7. The zero-order valence-electron chi connectivity index (χ0n) is 25.3. The van der Waals surface area contributed by atoms with E-state index in [4.69, 9.17) is 19.5 Å². The van der Waals surface area contributed by atoms with Crippen LogP contribution >= 0.6 is 0 Å². The van der Waals surface area contributed by atoms with Crippen LogP contribution in [0.1, 0.15) is 34.0 Å². The van der Waals surface area contributed by atoms with Gasteiger partial charge in [-0.3, -0.25) is 4.79 Å². The summed E-state index contributed by atoms with van der Waals surface area (Å²) in [5, 5.41) is 24.2. The van der Waals surface area contributed by atoms with Crippen molar-refractivity contribution in [1.29, 1.82) is 5.26 Å². The van der Waals surface area contributed by atoms with Crippen molar-refractivity contribution in [3.05, 3.63) is 106 Å². The number of aromatic carboxylic acids is 1. The molecule has 0 unspecified atom stereocenters. The number of anilines is 2. The van der Waals surface area contributed by atoms with Crippen molar-refractivity contribution >= 4 is 23.3 Å². The average Bonchev–Trinajstić information content (AvgIpc) is 3.42. The number of methoxy groups -OCH3 is 1. The highest BCUT2D eigenvalue weighted by Gasteiger charge is 2.40. The first-order chi connectivity index (χ1) is 22.5. The molecule has 4 aromatic rings. The Bertz CT molecular complexity index is 1880. The van der Waals surface area contributed by atoms with Gasteiger partial charge in [-0.2, -0.15) is 5.26 Å². The van der Waals surface area contributed by atoms with Gasteiger partial charge in [-0.25, -0.2) is 22.9 Å². The number of halogens is 3. The van der Waals surface area contributed by atoms with E-state index < -0.39 is 41.4 Å². The third-order valence-electron chi connectivity index (χ3n) is 7.79. The number of carbonyl (C=O) groups is 2. The summed E-state index contributed by atoms with van der Waals surface area (Å²) in [6.07, 6.45) is -0.530. The van der Waals surface area contributed by atoms with E-state index in [0.29, 0.717) is 6.61 Å². The van der Waals surface area contributed by atoms with Crippen molar-refractivity contribution in [1.82, 2.24) is 4.98 Å². The monoisotopic (exact) mass is 646 g/mol. The fourth-order valence-electron chi connectivity index (χ4n) is 4.96. The number of rotatable bonds is 11. The van der Waals surface area contributed by atoms with Crippen molar-refractivity contribution in [2.75, 3.05) is 31.0 Å². The van der Waals surface area contributed by atoms with Crippen LogP contribution in [0, 0.1) is 28.8 Å². The van der Waals surface area contributed by atoms with Crippen molar-refractivity contribution in [3.8, 4) is 23.2 Å². The lowest BCUT2D eigenvalue weighted by molar-refractivity contribution is -0.115. The lowest BCUT2D eigenvalue weighted by Gasteiger charge is -2.30. The fraction of sp³-hybridized carbons (Fsp3) is 0.235. The van der Waals surface area contributed by atoms with Gasteiger partial charge in [-0.05, 0) is 55.5 Å². The van der Waals surface area contributed by atoms with Gasteiger partial charge >= 0.3 is 5.97 Å². The number of benzene rings is 3. The molecule has 5 rings (SSSR count). The van der Waals surface area contributed by atoms with E-state index in [0.717, 1.165) is 18.2 Å². The molecular formula is C34H29F3N4O6. The second-order valence-corrected chi connectivity index (χ2v) is 11.0. The number of carboxylic acid groups (broad SMARTS) is 1. The van der Waals surface area contributed by atoms with Gasteiger partial charge in [0.1, 0.15) is 29.7 Å². The van der Waals surface area contributed by atoms with Crippen LogP contribution in [0.3, 0.4) is 0 Å². The highest BCUT2D eigenvalue weighted by molar-refractivity contribution is 5.98. The first-order valence-electron chi connectivity index (χ1n) is 14.3. The Kier molecular flexibility index (Phi) is 9.74. The zero-order valence-corrected chi connectivity index (χ0v) is 25.3. The lowest BCUT2D eigenvalue weighted by Crippen LogP contribution is -2.45. The summed E-state index contributed by atoms with van der Waals surface area (Å²) in [5.74, 6) is -4.15. The van der Waals surface area contributed by atoms with Gasteiger partial charge in [0.2, 0.25) is 11.8 Å². The molecule has 2 heterocycles. The maximum atomic E-state index is 15.3. The summed E-state index contributed by atoms with van der Waals surface area (Å²) in [4.78, 5) is 28.8. The SMILES string of the molecule is CO[C@@]1(C)COC[C@H]1Nc1cc(C(=O)O)ccc1NC(=O)Cc1cc(F)c(-c2cccc(OCc3ccc(C#N)cc3F)n2)cc1F. The third-order valence-corrected chi connectivity index (χ3v) is 7.79. The molecule has 0 aliphatic carbocycles. The smallest absolute Gasteiger partial charge is 0.335 e. The van der Waals surface area contributed by atoms with E-state index in [1.807, 2.05) is 13.0 Å². The van der Waals surface area contributed by atoms with Crippen LogP contribution in [0.5, 0.6) is 5.88 Å². The maximum Gasteiger partial charge on any atom is 0.335 e. The van der Waals surface area contributed by atoms with E-state index in [2.05, 4.69) is 15.6 Å². The van der Waals surface area contributed by atoms with Crippen LogP contribution in [0.2, 0.25) is 0 Å². The van der Waals surface area contributed by atoms with Crippen molar-refractivity contribution < 1.29 is 42.1 Å². The standard InChI is InChI=1S/C34H29F3N4O6/c1-34(45-2)18-46-17-30(34)39-29-12-20(33(43)44)8-9-28(29)40-31(42)13-22-11-26(37)23(14-25(22)36)27-4-3-5-32(41-27)47-16-21-7-6-19(15-38)10-24(21)35/h3-12,14,30,39H,13,16-18H2,1-2H3,(H,40,42)(H,43,44)/t30-,34+/m1/s1. The average molecular weight is 647 g/mol. The van der Waals surface area contributed by atoms with E-state index in [-0.39, 0.29) is 70.0 Å². The highest BCUT2D eigenvalue weighted by Crippen LogP contribution is 2.31. The summed E-state index contributed by atoms with van der Waals surface area (Å²) >= 11 is 0. The predicted octanol–water partition coefficient (Wildman–Crippen LogP) is 5.71. The quantitative estimate of drug-likeness (QED) is 0.187. The van der Waals surface area contributed by atoms with E-state index in [9.17, 15) is 19.1 Å². The normalized spacial score (nSPS) is 17.1. The van der Waals surface area contributed by atoms with E-state index in [1.165, 1.54) is 55.6 Å². The topological polar surface area (TPSA) is 143 Å². The maximum absolute atomic E-state index is 15.3. The predicted molar refractivity (Wildman–Crippen MR) is 164 cm³/mol. The van der Waals surface area contributed by atoms with Gasteiger partial charge in [0.05, 0.1) is 59.9 Å². The molecule has 1 aromatic heterocycles. The Morgan fingerprint density at radius 3 is 2.55 bits per heavy atom. The molecule has 1 aliphatic heterocycles. The molecule has 3 N–H and O–H groups in total. The Morgan fingerprint density at radius 1 is 1.04 bits per heavy atom. The van der Waals surface area contributed by atoms with Crippen LogP contribution in [0.15, 0.2) is 66.7 Å². The van der Waals surface area contributed by atoms with E-state index in [1.54, 1.807) is 0 Å². The Labute approximate surface area is 267 Å². The molecule has 0 radical (unpaired) electrons. The minimum atomic E-state index is -1.17. The molecule has 1 saturated heterocycles. The Balaban J connectivity index is 1.30. The number of pyridine rings is 1. The highest BCUT2D eigenvalue weighted by atomic mass is 19.1. The summed E-state index contributed by atoms with van der Waals surface area (Å²) in [6.45, 7) is 2.18. The molecule has 0 bridgehead atoms. The molecule has 2 atom stereocenters. The molecule has 242 valence electrons. The minimum absolute atomic E-state index is 0.0304. The number of nitrogens with one attached hydrogen (secondary N) is 2. The number of ether oxygens (including phenoxy) is 3. The molecular weight excluding hydrogens is 617 g/mol. The van der Waals surface area contributed by atoms with Crippen molar-refractivity contribution in [2.45, 2.75) is 31.6 Å². The number of hydrogen-bond donors (Lipinski definition) is 3. The summed E-state index contributed by atoms with van der Waals surface area (Å²) in [5.41, 5.74) is -0.257. The van der Waals surface area contributed by atoms with Crippen LogP contribution in [-0.4, -0.2) is 53.9 Å². The van der Waals surface area contributed by atoms with Crippen LogP contribution in [0.25, 0.3) is 11.3 Å². The number of nitriles is 1. The minimum Gasteiger partial charge on any atom is -0.478 e. The number of amides is 1. The number of carbonyl (C=O) groups excluding carboxylic acids is 1. The Morgan fingerprint density at radius 2 is 1.83 bits per heavy atom. The second-order valence-electron chi connectivity index (χ2n) is 11.0. The van der Waals surface area contributed by atoms with Crippen molar-refractivity contribution in [3.63, 3.8) is 0 Å². The van der Waals surface area contributed by atoms with Gasteiger partial charge in [0.15, 0.2) is 0 Å². The van der Waals surface area contributed by atoms with Crippen molar-refractivity contribution in [2.24, 2.45) is 0 Å². The molecule has 0 spiro atoms. The van der Waals surface area contributed by atoms with Crippen LogP contribution < -0.4 is 15.4 Å². The number of carboxylic acids is 1. The molecule has 1 amide bonds. The number of nitrogens with zero attached hydrogens (tertiary/aromatic N) is 2. The van der Waals surface area contributed by atoms with Gasteiger partial charge in [0, 0.05) is 29.9 Å². The van der Waals surface area contributed by atoms with E-state index >= 15 is 8.78 Å². The second kappa shape index (κ2) is 13.9. The summed E-state index contributed by atoms with van der Waals surface area (Å²) < 4.78 is 61.4. The first kappa shape index (κ1) is 32.9. The van der Waals surface area contributed by atoms with Gasteiger partial charge in [-0.15, -0.1) is 0 Å². The van der Waals surface area contributed by atoms with Gasteiger partial charge < -0.3 is 30.0 Å². The molecule has 13 heteroatoms. The Hall–Kier alpha value is -5.45. The number of aromatic nitrogens is 1.